The molecule has 146 valence electrons. The van der Waals surface area contributed by atoms with Crippen LogP contribution in [-0.4, -0.2) is 41.3 Å². The average molecular weight is 383 g/mol. The third-order valence-electron chi connectivity index (χ3n) is 4.60. The van der Waals surface area contributed by atoms with Gasteiger partial charge in [-0.05, 0) is 31.0 Å². The van der Waals surface area contributed by atoms with Gasteiger partial charge in [0.25, 0.3) is 5.91 Å². The second-order valence-electron chi connectivity index (χ2n) is 6.55. The quantitative estimate of drug-likeness (QED) is 0.610. The number of para-hydroxylation sites is 3. The van der Waals surface area contributed by atoms with Gasteiger partial charge in [0.15, 0.2) is 12.4 Å². The van der Waals surface area contributed by atoms with E-state index in [2.05, 4.69) is 5.32 Å². The standard InChI is InChI=1S/C20H21N3O5/c24-19(14-28-18-11-5-4-10-17(18)23(26)27)22-12-6-7-15(13-22)20(25)21-16-8-2-1-3-9-16/h1-5,8-11,15H,6-7,12-14H2,(H,21,25)/t15-/m1/s1. The van der Waals surface area contributed by atoms with Crippen LogP contribution in [0.3, 0.4) is 0 Å². The molecule has 0 aliphatic carbocycles. The Bertz CT molecular complexity index is 856. The average Bonchev–Trinajstić information content (AvgIpc) is 2.73. The molecular formula is C20H21N3O5. The minimum atomic E-state index is -0.551. The number of anilines is 1. The van der Waals surface area contributed by atoms with Crippen LogP contribution in [0.4, 0.5) is 11.4 Å². The largest absolute Gasteiger partial charge is 0.477 e. The number of rotatable bonds is 6. The first-order valence-corrected chi connectivity index (χ1v) is 9.04. The number of carbonyl (C=O) groups excluding carboxylic acids is 2. The molecule has 0 saturated carbocycles. The van der Waals surface area contributed by atoms with Crippen LogP contribution in [0.15, 0.2) is 54.6 Å². The molecule has 0 aromatic heterocycles. The van der Waals surface area contributed by atoms with Crippen molar-refractivity contribution in [3.05, 3.63) is 64.7 Å². The third-order valence-corrected chi connectivity index (χ3v) is 4.60. The summed E-state index contributed by atoms with van der Waals surface area (Å²) in [6.07, 6.45) is 1.41. The van der Waals surface area contributed by atoms with E-state index in [9.17, 15) is 19.7 Å². The van der Waals surface area contributed by atoms with Gasteiger partial charge in [-0.15, -0.1) is 0 Å². The first-order valence-electron chi connectivity index (χ1n) is 9.04. The van der Waals surface area contributed by atoms with Gasteiger partial charge in [0.1, 0.15) is 0 Å². The zero-order chi connectivity index (χ0) is 19.9. The van der Waals surface area contributed by atoms with E-state index in [1.54, 1.807) is 11.0 Å². The molecule has 0 spiro atoms. The molecule has 1 atom stereocenters. The SMILES string of the molecule is O=C(Nc1ccccc1)[C@@H]1CCCN(C(=O)COc2ccccc2[N+](=O)[O-])C1. The van der Waals surface area contributed by atoms with Crippen molar-refractivity contribution < 1.29 is 19.2 Å². The highest BCUT2D eigenvalue weighted by Gasteiger charge is 2.29. The van der Waals surface area contributed by atoms with Crippen molar-refractivity contribution in [2.75, 3.05) is 25.0 Å². The Labute approximate surface area is 162 Å². The molecule has 1 heterocycles. The highest BCUT2D eigenvalue weighted by molar-refractivity contribution is 5.93. The Morgan fingerprint density at radius 1 is 1.14 bits per heavy atom. The zero-order valence-corrected chi connectivity index (χ0v) is 15.2. The van der Waals surface area contributed by atoms with Gasteiger partial charge >= 0.3 is 5.69 Å². The number of likely N-dealkylation sites (tertiary alicyclic amines) is 1. The molecule has 2 amide bonds. The fourth-order valence-electron chi connectivity index (χ4n) is 3.14. The van der Waals surface area contributed by atoms with E-state index in [-0.39, 0.29) is 35.8 Å². The van der Waals surface area contributed by atoms with Crippen LogP contribution in [-0.2, 0) is 9.59 Å². The summed E-state index contributed by atoms with van der Waals surface area (Å²) in [6, 6.07) is 15.1. The van der Waals surface area contributed by atoms with E-state index >= 15 is 0 Å². The number of benzene rings is 2. The number of hydrogen-bond acceptors (Lipinski definition) is 5. The van der Waals surface area contributed by atoms with Crippen molar-refractivity contribution in [2.45, 2.75) is 12.8 Å². The number of nitro groups is 1. The summed E-state index contributed by atoms with van der Waals surface area (Å²) in [5.74, 6) is -0.668. The van der Waals surface area contributed by atoms with Gasteiger partial charge in [-0.3, -0.25) is 19.7 Å². The highest BCUT2D eigenvalue weighted by atomic mass is 16.6. The maximum Gasteiger partial charge on any atom is 0.310 e. The summed E-state index contributed by atoms with van der Waals surface area (Å²) >= 11 is 0. The molecule has 2 aromatic rings. The summed E-state index contributed by atoms with van der Waals surface area (Å²) in [7, 11) is 0. The fourth-order valence-corrected chi connectivity index (χ4v) is 3.14. The van der Waals surface area contributed by atoms with Crippen molar-refractivity contribution >= 4 is 23.2 Å². The Kier molecular flexibility index (Phi) is 6.21. The van der Waals surface area contributed by atoms with Crippen molar-refractivity contribution in [2.24, 2.45) is 5.92 Å². The van der Waals surface area contributed by atoms with Crippen LogP contribution in [0, 0.1) is 16.0 Å². The molecule has 8 nitrogen and oxygen atoms in total. The predicted molar refractivity (Wildman–Crippen MR) is 103 cm³/mol. The van der Waals surface area contributed by atoms with E-state index in [1.807, 2.05) is 30.3 Å². The molecule has 0 radical (unpaired) electrons. The minimum Gasteiger partial charge on any atom is -0.477 e. The molecule has 1 aliphatic heterocycles. The van der Waals surface area contributed by atoms with Gasteiger partial charge < -0.3 is 15.0 Å². The number of nitrogens with one attached hydrogen (secondary N) is 1. The number of nitrogens with zero attached hydrogens (tertiary/aromatic N) is 2. The Morgan fingerprint density at radius 3 is 2.61 bits per heavy atom. The first kappa shape index (κ1) is 19.3. The molecule has 1 N–H and O–H groups in total. The maximum absolute atomic E-state index is 12.5. The topological polar surface area (TPSA) is 102 Å². The van der Waals surface area contributed by atoms with Crippen LogP contribution in [0.2, 0.25) is 0 Å². The lowest BCUT2D eigenvalue weighted by atomic mass is 9.97. The summed E-state index contributed by atoms with van der Waals surface area (Å²) < 4.78 is 5.37. The first-order chi connectivity index (χ1) is 13.5. The molecule has 8 heteroatoms. The molecule has 1 fully saturated rings. The second kappa shape index (κ2) is 8.98. The Morgan fingerprint density at radius 2 is 1.86 bits per heavy atom. The molecule has 28 heavy (non-hydrogen) atoms. The van der Waals surface area contributed by atoms with Gasteiger partial charge in [-0.1, -0.05) is 30.3 Å². The Hall–Kier alpha value is -3.42. The zero-order valence-electron chi connectivity index (χ0n) is 15.2. The van der Waals surface area contributed by atoms with Crippen molar-refractivity contribution in [1.29, 1.82) is 0 Å². The maximum atomic E-state index is 12.5. The van der Waals surface area contributed by atoms with Crippen molar-refractivity contribution in [3.63, 3.8) is 0 Å². The molecular weight excluding hydrogens is 362 g/mol. The number of amides is 2. The number of hydrogen-bond donors (Lipinski definition) is 1. The molecule has 1 aliphatic rings. The van der Waals surface area contributed by atoms with Gasteiger partial charge in [0.05, 0.1) is 10.8 Å². The molecule has 3 rings (SSSR count). The van der Waals surface area contributed by atoms with E-state index in [4.69, 9.17) is 4.74 Å². The summed E-state index contributed by atoms with van der Waals surface area (Å²) in [5, 5.41) is 13.9. The molecule has 0 unspecified atom stereocenters. The van der Waals surface area contributed by atoms with E-state index in [1.165, 1.54) is 18.2 Å². The lowest BCUT2D eigenvalue weighted by Gasteiger charge is -2.32. The summed E-state index contributed by atoms with van der Waals surface area (Å²) in [6.45, 7) is 0.532. The normalized spacial score (nSPS) is 16.3. The van der Waals surface area contributed by atoms with Crippen LogP contribution in [0.25, 0.3) is 0 Å². The summed E-state index contributed by atoms with van der Waals surface area (Å²) in [5.41, 5.74) is 0.532. The van der Waals surface area contributed by atoms with E-state index in [0.717, 1.165) is 5.69 Å². The lowest BCUT2D eigenvalue weighted by Crippen LogP contribution is -2.45. The van der Waals surface area contributed by atoms with Gasteiger partial charge in [-0.25, -0.2) is 0 Å². The summed E-state index contributed by atoms with van der Waals surface area (Å²) in [4.78, 5) is 37.0. The highest BCUT2D eigenvalue weighted by Crippen LogP contribution is 2.26. The Balaban J connectivity index is 1.56. The fraction of sp³-hybridized carbons (Fsp3) is 0.300. The minimum absolute atomic E-state index is 0.0521. The monoisotopic (exact) mass is 383 g/mol. The lowest BCUT2D eigenvalue weighted by molar-refractivity contribution is -0.385. The molecule has 2 aromatic carbocycles. The number of piperidine rings is 1. The second-order valence-corrected chi connectivity index (χ2v) is 6.55. The van der Waals surface area contributed by atoms with Gasteiger partial charge in [0, 0.05) is 24.8 Å². The third kappa shape index (κ3) is 4.85. The predicted octanol–water partition coefficient (Wildman–Crippen LogP) is 2.85. The smallest absolute Gasteiger partial charge is 0.310 e. The van der Waals surface area contributed by atoms with Crippen molar-refractivity contribution in [1.82, 2.24) is 4.90 Å². The van der Waals surface area contributed by atoms with Crippen LogP contribution in [0.1, 0.15) is 12.8 Å². The van der Waals surface area contributed by atoms with Crippen molar-refractivity contribution in [3.8, 4) is 5.75 Å². The van der Waals surface area contributed by atoms with E-state index in [0.29, 0.717) is 25.9 Å². The van der Waals surface area contributed by atoms with Crippen LogP contribution in [0.5, 0.6) is 5.75 Å². The van der Waals surface area contributed by atoms with E-state index < -0.39 is 4.92 Å². The number of nitro benzene ring substituents is 1. The van der Waals surface area contributed by atoms with Crippen LogP contribution >= 0.6 is 0 Å². The molecule has 1 saturated heterocycles. The number of carbonyl (C=O) groups is 2. The van der Waals surface area contributed by atoms with Gasteiger partial charge in [-0.2, -0.15) is 0 Å². The number of ether oxygens (including phenoxy) is 1. The van der Waals surface area contributed by atoms with Crippen LogP contribution < -0.4 is 10.1 Å². The van der Waals surface area contributed by atoms with Gasteiger partial charge in [0.2, 0.25) is 5.91 Å². The molecule has 0 bridgehead atoms.